The zero-order valence-electron chi connectivity index (χ0n) is 21.9. The highest BCUT2D eigenvalue weighted by atomic mass is 16.7. The van der Waals surface area contributed by atoms with Gasteiger partial charge in [0.15, 0.2) is 5.76 Å². The topological polar surface area (TPSA) is 90.6 Å². The Labute approximate surface area is 219 Å². The van der Waals surface area contributed by atoms with E-state index in [1.54, 1.807) is 6.26 Å². The van der Waals surface area contributed by atoms with E-state index in [1.807, 2.05) is 36.1 Å². The summed E-state index contributed by atoms with van der Waals surface area (Å²) in [5, 5.41) is 9.88. The summed E-state index contributed by atoms with van der Waals surface area (Å²) in [5.74, 6) is 0.115. The van der Waals surface area contributed by atoms with E-state index < -0.39 is 6.29 Å². The molecule has 1 amide bonds. The summed E-state index contributed by atoms with van der Waals surface area (Å²) in [7, 11) is 0. The van der Waals surface area contributed by atoms with E-state index in [-0.39, 0.29) is 24.3 Å². The molecule has 1 aromatic heterocycles. The molecule has 1 fully saturated rings. The molecule has 2 aromatic rings. The summed E-state index contributed by atoms with van der Waals surface area (Å²) >= 11 is 0. The van der Waals surface area contributed by atoms with E-state index in [4.69, 9.17) is 28.5 Å². The highest BCUT2D eigenvalue weighted by molar-refractivity contribution is 5.92. The van der Waals surface area contributed by atoms with Gasteiger partial charge in [0.1, 0.15) is 5.58 Å². The van der Waals surface area contributed by atoms with Crippen LogP contribution in [0.2, 0.25) is 0 Å². The van der Waals surface area contributed by atoms with Gasteiger partial charge in [-0.05, 0) is 38.3 Å². The van der Waals surface area contributed by atoms with Gasteiger partial charge in [0.2, 0.25) is 6.29 Å². The summed E-state index contributed by atoms with van der Waals surface area (Å²) < 4.78 is 29.4. The van der Waals surface area contributed by atoms with E-state index >= 15 is 0 Å². The van der Waals surface area contributed by atoms with E-state index in [2.05, 4.69) is 6.07 Å². The van der Waals surface area contributed by atoms with Gasteiger partial charge in [-0.1, -0.05) is 37.5 Å². The van der Waals surface area contributed by atoms with Gasteiger partial charge in [-0.25, -0.2) is 0 Å². The van der Waals surface area contributed by atoms with Crippen LogP contribution in [-0.2, 0) is 23.7 Å². The van der Waals surface area contributed by atoms with Crippen molar-refractivity contribution >= 4 is 16.9 Å². The zero-order valence-corrected chi connectivity index (χ0v) is 21.9. The third-order valence-electron chi connectivity index (χ3n) is 7.14. The van der Waals surface area contributed by atoms with Gasteiger partial charge in [0.25, 0.3) is 5.91 Å². The monoisotopic (exact) mass is 515 g/mol. The predicted molar refractivity (Wildman–Crippen MR) is 140 cm³/mol. The Hall–Kier alpha value is -2.39. The molecule has 0 unspecified atom stereocenters. The molecular weight excluding hydrogens is 474 g/mol. The molecule has 3 atom stereocenters. The number of amides is 1. The Kier molecular flexibility index (Phi) is 10.8. The molecule has 8 heteroatoms. The number of hydrogen-bond donors (Lipinski definition) is 1. The number of likely N-dealkylation sites (tertiary alicyclic amines) is 1. The molecule has 0 spiro atoms. The number of ether oxygens (including phenoxy) is 4. The second-order valence-corrected chi connectivity index (χ2v) is 9.65. The highest BCUT2D eigenvalue weighted by Gasteiger charge is 2.40. The number of furan rings is 1. The molecule has 1 saturated heterocycles. The highest BCUT2D eigenvalue weighted by Crippen LogP contribution is 2.42. The first-order valence-corrected chi connectivity index (χ1v) is 13.7. The number of para-hydroxylation sites is 1. The second-order valence-electron chi connectivity index (χ2n) is 9.65. The number of fused-ring (bicyclic) bond motifs is 1. The summed E-state index contributed by atoms with van der Waals surface area (Å²) in [6, 6.07) is 7.97. The average molecular weight is 516 g/mol. The maximum Gasteiger partial charge on any atom is 0.288 e. The summed E-state index contributed by atoms with van der Waals surface area (Å²) in [6.07, 6.45) is 9.47. The fraction of sp³-hybridized carbons (Fsp3) is 0.621. The SMILES string of the molecule is CCO[C@@H]1OC(C(=O)N2CCCCCCC2)=C[C@H](c2coc3ccccc23)[C@@H]1CCOCCOCCO. The molecule has 8 nitrogen and oxygen atoms in total. The van der Waals surface area contributed by atoms with Gasteiger partial charge in [-0.2, -0.15) is 0 Å². The molecule has 0 saturated carbocycles. The van der Waals surface area contributed by atoms with Crippen molar-refractivity contribution in [3.8, 4) is 0 Å². The summed E-state index contributed by atoms with van der Waals surface area (Å²) in [5.41, 5.74) is 1.84. The maximum absolute atomic E-state index is 13.6. The number of carbonyl (C=O) groups excluding carboxylic acids is 1. The van der Waals surface area contributed by atoms with E-state index in [0.29, 0.717) is 45.2 Å². The van der Waals surface area contributed by atoms with Crippen LogP contribution in [0.4, 0.5) is 0 Å². The molecule has 204 valence electrons. The minimum atomic E-state index is -0.573. The van der Waals surface area contributed by atoms with E-state index in [0.717, 1.165) is 55.3 Å². The first-order chi connectivity index (χ1) is 18.2. The lowest BCUT2D eigenvalue weighted by Crippen LogP contribution is -2.41. The molecule has 0 bridgehead atoms. The maximum atomic E-state index is 13.6. The minimum Gasteiger partial charge on any atom is -0.464 e. The Morgan fingerprint density at radius 2 is 1.76 bits per heavy atom. The van der Waals surface area contributed by atoms with Crippen LogP contribution in [0.25, 0.3) is 11.0 Å². The lowest BCUT2D eigenvalue weighted by molar-refractivity contribution is -0.172. The molecular formula is C29H41NO7. The number of aliphatic hydroxyl groups is 1. The smallest absolute Gasteiger partial charge is 0.288 e. The van der Waals surface area contributed by atoms with Crippen molar-refractivity contribution in [1.29, 1.82) is 0 Å². The molecule has 2 aliphatic rings. The second kappa shape index (κ2) is 14.5. The molecule has 4 rings (SSSR count). The van der Waals surface area contributed by atoms with Crippen molar-refractivity contribution in [3.05, 3.63) is 47.9 Å². The third-order valence-corrected chi connectivity index (χ3v) is 7.14. The van der Waals surface area contributed by atoms with Crippen molar-refractivity contribution in [1.82, 2.24) is 4.90 Å². The van der Waals surface area contributed by atoms with Gasteiger partial charge in [0.05, 0.1) is 32.7 Å². The summed E-state index contributed by atoms with van der Waals surface area (Å²) in [4.78, 5) is 15.6. The molecule has 1 N–H and O–H groups in total. The van der Waals surface area contributed by atoms with Crippen LogP contribution < -0.4 is 0 Å². The van der Waals surface area contributed by atoms with Crippen molar-refractivity contribution in [2.24, 2.45) is 5.92 Å². The van der Waals surface area contributed by atoms with Crippen LogP contribution in [0, 0.1) is 5.92 Å². The Bertz CT molecular complexity index is 995. The average Bonchev–Trinajstić information content (AvgIpc) is 3.32. The van der Waals surface area contributed by atoms with Crippen molar-refractivity contribution in [3.63, 3.8) is 0 Å². The van der Waals surface area contributed by atoms with Crippen LogP contribution in [0.1, 0.15) is 56.9 Å². The van der Waals surface area contributed by atoms with Gasteiger partial charge in [-0.15, -0.1) is 0 Å². The fourth-order valence-electron chi connectivity index (χ4n) is 5.26. The van der Waals surface area contributed by atoms with Crippen LogP contribution in [-0.4, -0.2) is 74.9 Å². The Morgan fingerprint density at radius 3 is 2.51 bits per heavy atom. The van der Waals surface area contributed by atoms with Gasteiger partial charge >= 0.3 is 0 Å². The number of aliphatic hydroxyl groups excluding tert-OH is 1. The number of nitrogens with zero attached hydrogens (tertiary/aromatic N) is 1. The van der Waals surface area contributed by atoms with Crippen LogP contribution in [0.15, 0.2) is 46.8 Å². The number of carbonyl (C=O) groups is 1. The normalized spacial score (nSPS) is 22.8. The molecule has 1 aromatic carbocycles. The van der Waals surface area contributed by atoms with Crippen LogP contribution in [0.5, 0.6) is 0 Å². The number of allylic oxidation sites excluding steroid dienone is 1. The third kappa shape index (κ3) is 7.35. The molecule has 0 radical (unpaired) electrons. The molecule has 2 aliphatic heterocycles. The number of rotatable bonds is 12. The lowest BCUT2D eigenvalue weighted by atomic mass is 9.81. The van der Waals surface area contributed by atoms with Crippen molar-refractivity contribution in [2.75, 3.05) is 52.7 Å². The number of benzene rings is 1. The number of hydrogen-bond acceptors (Lipinski definition) is 7. The summed E-state index contributed by atoms with van der Waals surface area (Å²) in [6.45, 7) is 5.61. The van der Waals surface area contributed by atoms with E-state index in [9.17, 15) is 4.79 Å². The minimum absolute atomic E-state index is 0.000598. The van der Waals surface area contributed by atoms with Crippen molar-refractivity contribution in [2.45, 2.75) is 57.7 Å². The standard InChI is InChI=1S/C29H41NO7/c1-2-35-29-23(12-16-33-18-19-34-17-15-31)24(25-21-36-26-11-7-6-10-22(25)26)20-27(37-29)28(32)30-13-8-4-3-5-9-14-30/h6-7,10-11,20-21,23-24,29,31H,2-5,8-9,12-19H2,1H3/t23-,24-,29+/m0/s1. The van der Waals surface area contributed by atoms with Gasteiger partial charge in [0, 0.05) is 49.1 Å². The largest absolute Gasteiger partial charge is 0.464 e. The van der Waals surface area contributed by atoms with E-state index in [1.165, 1.54) is 6.42 Å². The lowest BCUT2D eigenvalue weighted by Gasteiger charge is -2.38. The van der Waals surface area contributed by atoms with Crippen molar-refractivity contribution < 1.29 is 33.3 Å². The Morgan fingerprint density at radius 1 is 1.03 bits per heavy atom. The molecule has 0 aliphatic carbocycles. The fourth-order valence-corrected chi connectivity index (χ4v) is 5.26. The molecule has 3 heterocycles. The van der Waals surface area contributed by atoms with Crippen LogP contribution in [0.3, 0.4) is 0 Å². The quantitative estimate of drug-likeness (QED) is 0.413. The Balaban J connectivity index is 1.58. The van der Waals surface area contributed by atoms with Crippen LogP contribution >= 0.6 is 0 Å². The predicted octanol–water partition coefficient (Wildman–Crippen LogP) is 4.62. The van der Waals surface area contributed by atoms with Gasteiger partial charge in [-0.3, -0.25) is 4.79 Å². The van der Waals surface area contributed by atoms with Gasteiger partial charge < -0.3 is 33.4 Å². The first kappa shape index (κ1) is 27.6. The molecule has 37 heavy (non-hydrogen) atoms. The zero-order chi connectivity index (χ0) is 25.9. The first-order valence-electron chi connectivity index (χ1n) is 13.7.